The SMILES string of the molecule is CN(c1ccc2c(C3CCC(=O)NC3=O)nn(C)c2c1)C1CCC2(CC1)CN(c1ncc(Cl)c(Nc3ccc4c(c3)c3c(c(=O)n4C)OCC(F)(F)C(C4CC4)N3)n1)C2. The fourth-order valence-corrected chi connectivity index (χ4v) is 9.90. The number of imide groups is 1. The predicted molar refractivity (Wildman–Crippen MR) is 221 cm³/mol. The van der Waals surface area contributed by atoms with E-state index in [0.29, 0.717) is 70.8 Å². The van der Waals surface area contributed by atoms with Crippen LogP contribution in [0.5, 0.6) is 5.75 Å². The van der Waals surface area contributed by atoms with Crippen molar-refractivity contribution in [2.45, 2.75) is 75.3 Å². The lowest BCUT2D eigenvalue weighted by molar-refractivity contribution is -0.134. The quantitative estimate of drug-likeness (QED) is 0.160. The van der Waals surface area contributed by atoms with Crippen LogP contribution in [-0.2, 0) is 23.7 Å². The van der Waals surface area contributed by atoms with Gasteiger partial charge in [0.25, 0.3) is 5.56 Å². The molecule has 2 unspecified atom stereocenters. The molecule has 2 aliphatic carbocycles. The van der Waals surface area contributed by atoms with Gasteiger partial charge in [-0.1, -0.05) is 11.6 Å². The number of ether oxygens (including phenoxy) is 1. The highest BCUT2D eigenvalue weighted by atomic mass is 35.5. The molecule has 2 saturated heterocycles. The summed E-state index contributed by atoms with van der Waals surface area (Å²) < 4.78 is 39.1. The summed E-state index contributed by atoms with van der Waals surface area (Å²) >= 11 is 6.63. The number of carbonyl (C=O) groups is 2. The Morgan fingerprint density at radius 1 is 0.983 bits per heavy atom. The van der Waals surface area contributed by atoms with Crippen LogP contribution in [0.2, 0.25) is 5.02 Å². The zero-order valence-electron chi connectivity index (χ0n) is 33.0. The molecule has 17 heteroatoms. The molecule has 2 aromatic carbocycles. The Kier molecular flexibility index (Phi) is 8.82. The fraction of sp³-hybridized carbons (Fsp3) is 0.476. The molecule has 3 N–H and O–H groups in total. The number of aryl methyl sites for hydroxylation is 2. The van der Waals surface area contributed by atoms with Crippen molar-refractivity contribution < 1.29 is 23.1 Å². The van der Waals surface area contributed by atoms with Crippen molar-refractivity contribution in [3.8, 4) is 5.75 Å². The van der Waals surface area contributed by atoms with Crippen LogP contribution in [0.3, 0.4) is 0 Å². The smallest absolute Gasteiger partial charge is 0.301 e. The average molecular weight is 827 g/mol. The number of hydrogen-bond acceptors (Lipinski definition) is 11. The van der Waals surface area contributed by atoms with E-state index in [1.807, 2.05) is 17.8 Å². The standard InChI is InChI=1S/C42H45ClF2N10O4/c1-52(25-7-8-26-31(17-25)54(3)51-33(26)27-9-11-32(56)48-38(27)57)24-12-14-41(15-13-24)19-55(20-41)40-46-18-29(43)37(50-40)47-23-6-10-30-28(16-23)34-35(39(58)53(30)2)59-21-42(44,45)36(49-34)22-4-5-22/h6-8,10,16-18,22,24,27,36,49H,4-5,9,11-15,19-21H2,1-3H3,(H,46,47,50)(H,48,56,57). The Balaban J connectivity index is 0.812. The number of rotatable bonds is 7. The van der Waals surface area contributed by atoms with Crippen LogP contribution in [0.15, 0.2) is 47.4 Å². The van der Waals surface area contributed by atoms with Gasteiger partial charge in [-0.05, 0) is 87.3 Å². The molecule has 1 spiro atoms. The molecule has 308 valence electrons. The third-order valence-electron chi connectivity index (χ3n) is 13.3. The summed E-state index contributed by atoms with van der Waals surface area (Å²) in [5.41, 5.74) is 3.93. The highest BCUT2D eigenvalue weighted by Gasteiger charge is 2.51. The van der Waals surface area contributed by atoms with Gasteiger partial charge in [-0.25, -0.2) is 13.8 Å². The molecule has 4 fully saturated rings. The molecule has 6 heterocycles. The fourth-order valence-electron chi connectivity index (χ4n) is 9.76. The van der Waals surface area contributed by atoms with Crippen LogP contribution in [0.4, 0.5) is 37.6 Å². The minimum Gasteiger partial charge on any atom is -0.480 e. The summed E-state index contributed by atoms with van der Waals surface area (Å²) in [5, 5.41) is 15.3. The molecule has 0 bridgehead atoms. The maximum atomic E-state index is 15.2. The van der Waals surface area contributed by atoms with E-state index in [4.69, 9.17) is 26.4 Å². The van der Waals surface area contributed by atoms with Gasteiger partial charge in [0, 0.05) is 74.3 Å². The van der Waals surface area contributed by atoms with Crippen LogP contribution in [0.1, 0.15) is 63.0 Å². The third-order valence-corrected chi connectivity index (χ3v) is 13.6. The molecule has 14 nitrogen and oxygen atoms in total. The summed E-state index contributed by atoms with van der Waals surface area (Å²) in [6, 6.07) is 10.9. The lowest BCUT2D eigenvalue weighted by Gasteiger charge is -2.54. The minimum absolute atomic E-state index is 0.108. The van der Waals surface area contributed by atoms with Gasteiger partial charge >= 0.3 is 5.92 Å². The summed E-state index contributed by atoms with van der Waals surface area (Å²) in [6.07, 6.45) is 7.98. The number of fused-ring (bicyclic) bond motifs is 4. The minimum atomic E-state index is -3.13. The van der Waals surface area contributed by atoms with E-state index in [-0.39, 0.29) is 34.6 Å². The first-order valence-electron chi connectivity index (χ1n) is 20.3. The van der Waals surface area contributed by atoms with Crippen LogP contribution in [0, 0.1) is 11.3 Å². The molecule has 10 rings (SSSR count). The van der Waals surface area contributed by atoms with E-state index in [1.165, 1.54) is 4.57 Å². The van der Waals surface area contributed by atoms with Crippen molar-refractivity contribution in [1.82, 2.24) is 29.6 Å². The molecule has 0 radical (unpaired) electrons. The maximum Gasteiger partial charge on any atom is 0.301 e. The van der Waals surface area contributed by atoms with Crippen LogP contribution >= 0.6 is 11.6 Å². The number of anilines is 5. The molecule has 3 aliphatic heterocycles. The van der Waals surface area contributed by atoms with Crippen LogP contribution < -0.4 is 36.0 Å². The second-order valence-electron chi connectivity index (χ2n) is 17.2. The number of alkyl halides is 2. The number of nitrogens with one attached hydrogen (secondary N) is 3. The van der Waals surface area contributed by atoms with Gasteiger partial charge in [0.2, 0.25) is 23.5 Å². The molecule has 2 amide bonds. The number of piperidine rings is 1. The first kappa shape index (κ1) is 37.7. The molecule has 2 saturated carbocycles. The van der Waals surface area contributed by atoms with E-state index in [9.17, 15) is 14.4 Å². The number of hydrogen-bond donors (Lipinski definition) is 3. The van der Waals surface area contributed by atoms with E-state index in [0.717, 1.165) is 55.4 Å². The Bertz CT molecular complexity index is 2610. The number of benzene rings is 2. The summed E-state index contributed by atoms with van der Waals surface area (Å²) in [4.78, 5) is 51.5. The van der Waals surface area contributed by atoms with E-state index >= 15 is 8.78 Å². The van der Waals surface area contributed by atoms with Gasteiger partial charge in [0.05, 0.1) is 40.6 Å². The third kappa shape index (κ3) is 6.50. The Hall–Kier alpha value is -5.51. The molecule has 5 aromatic rings. The Morgan fingerprint density at radius 2 is 1.76 bits per heavy atom. The number of nitrogens with zero attached hydrogens (tertiary/aromatic N) is 7. The summed E-state index contributed by atoms with van der Waals surface area (Å²) in [7, 11) is 5.64. The molecule has 2 atom stereocenters. The van der Waals surface area contributed by atoms with Gasteiger partial charge < -0.3 is 29.7 Å². The molecular weight excluding hydrogens is 782 g/mol. The molecule has 59 heavy (non-hydrogen) atoms. The monoisotopic (exact) mass is 826 g/mol. The second kappa shape index (κ2) is 13.8. The topological polar surface area (TPSA) is 152 Å². The van der Waals surface area contributed by atoms with Gasteiger partial charge in [-0.3, -0.25) is 24.4 Å². The lowest BCUT2D eigenvalue weighted by atomic mass is 9.67. The normalized spacial score (nSPS) is 22.6. The first-order valence-corrected chi connectivity index (χ1v) is 20.7. The van der Waals surface area contributed by atoms with E-state index in [2.05, 4.69) is 49.9 Å². The number of carbonyl (C=O) groups excluding carboxylic acids is 2. The van der Waals surface area contributed by atoms with Crippen molar-refractivity contribution in [3.63, 3.8) is 0 Å². The predicted octanol–water partition coefficient (Wildman–Crippen LogP) is 6.24. The summed E-state index contributed by atoms with van der Waals surface area (Å²) in [6.45, 7) is 0.814. The Labute approximate surface area is 343 Å². The highest BCUT2D eigenvalue weighted by molar-refractivity contribution is 6.33. The van der Waals surface area contributed by atoms with Gasteiger partial charge in [0.1, 0.15) is 5.02 Å². The average Bonchev–Trinajstić information content (AvgIpc) is 4.01. The number of pyridine rings is 1. The highest BCUT2D eigenvalue weighted by Crippen LogP contribution is 2.48. The number of amides is 2. The number of aromatic nitrogens is 5. The van der Waals surface area contributed by atoms with Gasteiger partial charge in [-0.15, -0.1) is 0 Å². The van der Waals surface area contributed by atoms with E-state index < -0.39 is 30.0 Å². The van der Waals surface area contributed by atoms with E-state index in [1.54, 1.807) is 31.4 Å². The largest absolute Gasteiger partial charge is 0.480 e. The van der Waals surface area contributed by atoms with Crippen molar-refractivity contribution >= 4 is 74.0 Å². The molecular formula is C42H45ClF2N10O4. The summed E-state index contributed by atoms with van der Waals surface area (Å²) in [5.74, 6) is -3.39. The lowest BCUT2D eigenvalue weighted by Crippen LogP contribution is -2.59. The first-order chi connectivity index (χ1) is 28.3. The number of halogens is 3. The van der Waals surface area contributed by atoms with Crippen molar-refractivity contribution in [2.24, 2.45) is 25.4 Å². The van der Waals surface area contributed by atoms with Crippen molar-refractivity contribution in [3.05, 3.63) is 63.7 Å². The Morgan fingerprint density at radius 3 is 2.51 bits per heavy atom. The maximum absolute atomic E-state index is 15.2. The zero-order valence-corrected chi connectivity index (χ0v) is 33.8. The van der Waals surface area contributed by atoms with Gasteiger partial charge in [0.15, 0.2) is 12.4 Å². The molecule has 3 aromatic heterocycles. The van der Waals surface area contributed by atoms with Crippen LogP contribution in [-0.4, -0.2) is 80.9 Å². The van der Waals surface area contributed by atoms with Crippen LogP contribution in [0.25, 0.3) is 21.8 Å². The zero-order chi connectivity index (χ0) is 41.0. The van der Waals surface area contributed by atoms with Gasteiger partial charge in [-0.2, -0.15) is 10.1 Å². The molecule has 5 aliphatic rings. The second-order valence-corrected chi connectivity index (χ2v) is 17.6. The van der Waals surface area contributed by atoms with Crippen molar-refractivity contribution in [1.29, 1.82) is 0 Å². The van der Waals surface area contributed by atoms with Crippen molar-refractivity contribution in [2.75, 3.05) is 47.2 Å².